The fraction of sp³-hybridized carbons (Fsp3) is 0.111. The number of nitrogen functional groups attached to an aromatic ring is 1. The van der Waals surface area contributed by atoms with Crippen molar-refractivity contribution in [2.45, 2.75) is 6.92 Å². The van der Waals surface area contributed by atoms with E-state index in [9.17, 15) is 4.79 Å². The largest absolute Gasteiger partial charge is 0.384 e. The van der Waals surface area contributed by atoms with Crippen molar-refractivity contribution < 1.29 is 4.79 Å². The molecule has 3 N–H and O–H groups in total. The molecule has 16 heavy (non-hydrogen) atoms. The van der Waals surface area contributed by atoms with E-state index in [1.165, 1.54) is 11.3 Å². The van der Waals surface area contributed by atoms with Crippen LogP contribution in [0.4, 0.5) is 10.9 Å². The Labute approximate surface area is 95.5 Å². The van der Waals surface area contributed by atoms with E-state index in [1.54, 1.807) is 18.2 Å². The number of carbonyl (C=O) groups is 1. The molecule has 1 amide bonds. The standard InChI is InChI=1S/C9H9N5OS/c1-5-13-14-9(16-5)12-8(15)6-3-2-4-7(10)11-6/h2-4H,1H3,(H2,10,11)(H,12,14,15). The smallest absolute Gasteiger partial charge is 0.276 e. The third kappa shape index (κ3) is 2.31. The Morgan fingerprint density at radius 3 is 2.88 bits per heavy atom. The topological polar surface area (TPSA) is 93.8 Å². The summed E-state index contributed by atoms with van der Waals surface area (Å²) in [4.78, 5) is 15.6. The van der Waals surface area contributed by atoms with Gasteiger partial charge in [-0.2, -0.15) is 0 Å². The second-order valence-electron chi connectivity index (χ2n) is 3.03. The first kappa shape index (κ1) is 10.5. The lowest BCUT2D eigenvalue weighted by molar-refractivity contribution is 0.102. The summed E-state index contributed by atoms with van der Waals surface area (Å²) in [6.07, 6.45) is 0. The number of pyridine rings is 1. The Kier molecular flexibility index (Phi) is 2.78. The summed E-state index contributed by atoms with van der Waals surface area (Å²) in [5, 5.41) is 11.4. The summed E-state index contributed by atoms with van der Waals surface area (Å²) in [7, 11) is 0. The molecule has 0 bridgehead atoms. The van der Waals surface area contributed by atoms with Crippen LogP contribution in [0.25, 0.3) is 0 Å². The maximum atomic E-state index is 11.7. The first-order valence-electron chi connectivity index (χ1n) is 4.49. The van der Waals surface area contributed by atoms with E-state index in [1.807, 2.05) is 6.92 Å². The quantitative estimate of drug-likeness (QED) is 0.812. The minimum atomic E-state index is -0.344. The molecule has 2 heterocycles. The summed E-state index contributed by atoms with van der Waals surface area (Å²) in [6.45, 7) is 1.81. The summed E-state index contributed by atoms with van der Waals surface area (Å²) >= 11 is 1.30. The molecule has 0 spiro atoms. The van der Waals surface area contributed by atoms with Crippen LogP contribution in [0.1, 0.15) is 15.5 Å². The number of hydrogen-bond donors (Lipinski definition) is 2. The third-order valence-corrected chi connectivity index (χ3v) is 2.50. The highest BCUT2D eigenvalue weighted by Crippen LogP contribution is 2.14. The van der Waals surface area contributed by atoms with Crippen molar-refractivity contribution in [2.24, 2.45) is 0 Å². The van der Waals surface area contributed by atoms with Crippen LogP contribution in [-0.4, -0.2) is 21.1 Å². The molecule has 0 aliphatic carbocycles. The Morgan fingerprint density at radius 2 is 2.25 bits per heavy atom. The van der Waals surface area contributed by atoms with Crippen LogP contribution < -0.4 is 11.1 Å². The van der Waals surface area contributed by atoms with Crippen LogP contribution in [0.5, 0.6) is 0 Å². The van der Waals surface area contributed by atoms with Gasteiger partial charge in [0, 0.05) is 0 Å². The van der Waals surface area contributed by atoms with Gasteiger partial charge in [0.25, 0.3) is 5.91 Å². The maximum Gasteiger partial charge on any atom is 0.276 e. The minimum Gasteiger partial charge on any atom is -0.384 e. The van der Waals surface area contributed by atoms with Crippen molar-refractivity contribution in [1.29, 1.82) is 0 Å². The van der Waals surface area contributed by atoms with Crippen molar-refractivity contribution >= 4 is 28.2 Å². The van der Waals surface area contributed by atoms with Crippen molar-refractivity contribution in [3.8, 4) is 0 Å². The van der Waals surface area contributed by atoms with Crippen molar-refractivity contribution in [3.63, 3.8) is 0 Å². The van der Waals surface area contributed by atoms with Crippen molar-refractivity contribution in [2.75, 3.05) is 11.1 Å². The zero-order valence-electron chi connectivity index (χ0n) is 8.47. The molecular weight excluding hydrogens is 226 g/mol. The second-order valence-corrected chi connectivity index (χ2v) is 4.21. The zero-order chi connectivity index (χ0) is 11.5. The molecule has 0 aliphatic rings. The molecule has 0 atom stereocenters. The Hall–Kier alpha value is -2.02. The van der Waals surface area contributed by atoms with Gasteiger partial charge in [-0.25, -0.2) is 4.98 Å². The summed E-state index contributed by atoms with van der Waals surface area (Å²) in [6, 6.07) is 4.87. The summed E-state index contributed by atoms with van der Waals surface area (Å²) < 4.78 is 0. The normalized spacial score (nSPS) is 10.1. The Bertz CT molecular complexity index is 524. The zero-order valence-corrected chi connectivity index (χ0v) is 9.28. The van der Waals surface area contributed by atoms with E-state index < -0.39 is 0 Å². The van der Waals surface area contributed by atoms with Crippen LogP contribution in [0.3, 0.4) is 0 Å². The van der Waals surface area contributed by atoms with E-state index in [2.05, 4.69) is 20.5 Å². The van der Waals surface area contributed by atoms with Crippen LogP contribution >= 0.6 is 11.3 Å². The van der Waals surface area contributed by atoms with Crippen LogP contribution in [-0.2, 0) is 0 Å². The van der Waals surface area contributed by atoms with Gasteiger partial charge in [-0.3, -0.25) is 10.1 Å². The van der Waals surface area contributed by atoms with Gasteiger partial charge in [-0.1, -0.05) is 17.4 Å². The molecule has 0 radical (unpaired) electrons. The van der Waals surface area contributed by atoms with E-state index in [-0.39, 0.29) is 11.6 Å². The molecule has 7 heteroatoms. The number of amides is 1. The van der Waals surface area contributed by atoms with Gasteiger partial charge in [0.05, 0.1) is 0 Å². The van der Waals surface area contributed by atoms with Gasteiger partial charge in [-0.05, 0) is 19.1 Å². The summed E-state index contributed by atoms with van der Waals surface area (Å²) in [5.41, 5.74) is 5.73. The molecule has 0 saturated heterocycles. The molecule has 2 aromatic rings. The van der Waals surface area contributed by atoms with Crippen LogP contribution in [0.15, 0.2) is 18.2 Å². The molecule has 2 rings (SSSR count). The van der Waals surface area contributed by atoms with Crippen molar-refractivity contribution in [3.05, 3.63) is 28.9 Å². The SMILES string of the molecule is Cc1nnc(NC(=O)c2cccc(N)n2)s1. The number of aromatic nitrogens is 3. The van der Waals surface area contributed by atoms with Crippen LogP contribution in [0, 0.1) is 6.92 Å². The fourth-order valence-electron chi connectivity index (χ4n) is 1.09. The molecule has 0 aromatic carbocycles. The predicted molar refractivity (Wildman–Crippen MR) is 61.2 cm³/mol. The van der Waals surface area contributed by atoms with Crippen LogP contribution in [0.2, 0.25) is 0 Å². The summed E-state index contributed by atoms with van der Waals surface area (Å²) in [5.74, 6) is -0.0375. The molecule has 6 nitrogen and oxygen atoms in total. The average molecular weight is 235 g/mol. The first-order chi connectivity index (χ1) is 7.65. The molecule has 0 fully saturated rings. The van der Waals surface area contributed by atoms with Gasteiger partial charge in [0.1, 0.15) is 16.5 Å². The van der Waals surface area contributed by atoms with E-state index in [0.717, 1.165) is 5.01 Å². The lowest BCUT2D eigenvalue weighted by Gasteiger charge is -2.00. The van der Waals surface area contributed by atoms with Gasteiger partial charge in [0.2, 0.25) is 5.13 Å². The number of anilines is 2. The molecule has 0 aliphatic heterocycles. The van der Waals surface area contributed by atoms with E-state index in [4.69, 9.17) is 5.73 Å². The number of nitrogens with two attached hydrogens (primary N) is 1. The van der Waals surface area contributed by atoms with Gasteiger partial charge in [0.15, 0.2) is 0 Å². The Morgan fingerprint density at radius 1 is 1.44 bits per heavy atom. The van der Waals surface area contributed by atoms with Gasteiger partial charge >= 0.3 is 0 Å². The Balaban J connectivity index is 2.14. The molecular formula is C9H9N5OS. The second kappa shape index (κ2) is 4.23. The monoisotopic (exact) mass is 235 g/mol. The average Bonchev–Trinajstić information content (AvgIpc) is 2.64. The molecule has 0 saturated carbocycles. The number of nitrogens with zero attached hydrogens (tertiary/aromatic N) is 3. The first-order valence-corrected chi connectivity index (χ1v) is 5.31. The minimum absolute atomic E-state index is 0.257. The molecule has 0 unspecified atom stereocenters. The highest BCUT2D eigenvalue weighted by Gasteiger charge is 2.10. The highest BCUT2D eigenvalue weighted by molar-refractivity contribution is 7.15. The lowest BCUT2D eigenvalue weighted by Crippen LogP contribution is -2.14. The number of rotatable bonds is 2. The fourth-order valence-corrected chi connectivity index (χ4v) is 1.67. The number of aryl methyl sites for hydroxylation is 1. The predicted octanol–water partition coefficient (Wildman–Crippen LogP) is 1.08. The molecule has 2 aromatic heterocycles. The number of carbonyl (C=O) groups excluding carboxylic acids is 1. The van der Waals surface area contributed by atoms with Crippen molar-refractivity contribution in [1.82, 2.24) is 15.2 Å². The maximum absolute atomic E-state index is 11.7. The van der Waals surface area contributed by atoms with Gasteiger partial charge in [-0.15, -0.1) is 10.2 Å². The molecule has 82 valence electrons. The highest BCUT2D eigenvalue weighted by atomic mass is 32.1. The number of hydrogen-bond acceptors (Lipinski definition) is 6. The van der Waals surface area contributed by atoms with E-state index in [0.29, 0.717) is 10.9 Å². The van der Waals surface area contributed by atoms with E-state index >= 15 is 0 Å². The lowest BCUT2D eigenvalue weighted by atomic mass is 10.3. The third-order valence-electron chi connectivity index (χ3n) is 1.75. The number of nitrogens with one attached hydrogen (secondary N) is 1. The van der Waals surface area contributed by atoms with Gasteiger partial charge < -0.3 is 5.73 Å².